The van der Waals surface area contributed by atoms with Crippen LogP contribution in [0.15, 0.2) is 150 Å². The van der Waals surface area contributed by atoms with Gasteiger partial charge in [0.1, 0.15) is 23.6 Å². The van der Waals surface area contributed by atoms with E-state index in [9.17, 15) is 9.59 Å². The van der Waals surface area contributed by atoms with Gasteiger partial charge in [-0.2, -0.15) is 24.9 Å². The van der Waals surface area contributed by atoms with Gasteiger partial charge in [-0.3, -0.25) is 25.6 Å². The second-order valence-electron chi connectivity index (χ2n) is 24.4. The minimum Gasteiger partial charge on any atom is -0.445 e. The number of amides is 2. The summed E-state index contributed by atoms with van der Waals surface area (Å²) in [6, 6.07) is 35.3. The van der Waals surface area contributed by atoms with Crippen molar-refractivity contribution in [1.29, 1.82) is 10.8 Å². The van der Waals surface area contributed by atoms with Crippen LogP contribution in [0.1, 0.15) is 166 Å². The van der Waals surface area contributed by atoms with Crippen molar-refractivity contribution >= 4 is 46.8 Å². The SMILES string of the molecule is C.CC1=NN=C(c2ccccn2)C2C(OC(=O)Nc3cc(C)cc(C)c3)CCCCCC12.Cc1cc(C)cc(N)c1.Cc1cc(C)cc(NC(=O)OC2/C=C/CCCCC2)c1.Cc1nnc(-c2ccccn2)c2c1CCCCCC2.Cc1nnc(-c2ccccn2)nn1.N#N.O=C=O. The molecule has 4 aliphatic rings. The molecule has 1 fully saturated rings. The number of carbonyl (C=O) groups excluding carboxylic acids is 4. The van der Waals surface area contributed by atoms with Gasteiger partial charge in [-0.1, -0.05) is 82.0 Å². The number of rotatable bonds is 7. The smallest absolute Gasteiger partial charge is 0.412 e. The van der Waals surface area contributed by atoms with Crippen LogP contribution < -0.4 is 16.4 Å². The molecule has 1 saturated carbocycles. The lowest BCUT2D eigenvalue weighted by atomic mass is 9.73. The van der Waals surface area contributed by atoms with Crippen LogP contribution in [-0.4, -0.2) is 87.5 Å². The minimum atomic E-state index is -0.421. The Labute approximate surface area is 576 Å². The molecule has 0 spiro atoms. The number of nitrogens with two attached hydrogens (primary N) is 1. The average Bonchev–Trinajstić information content (AvgIpc) is 0.793. The fourth-order valence-electron chi connectivity index (χ4n) is 12.1. The number of benzene rings is 3. The Hall–Kier alpha value is -10.6. The maximum atomic E-state index is 12.9. The van der Waals surface area contributed by atoms with E-state index < -0.39 is 6.09 Å². The summed E-state index contributed by atoms with van der Waals surface area (Å²) in [6.45, 7) is 18.0. The molecule has 1 aliphatic heterocycles. The second-order valence-corrected chi connectivity index (χ2v) is 24.4. The molecular formula is C76H94N16O6. The van der Waals surface area contributed by atoms with E-state index in [4.69, 9.17) is 35.6 Å². The first-order valence-electron chi connectivity index (χ1n) is 33.0. The largest absolute Gasteiger partial charge is 0.445 e. The molecule has 3 aromatic carbocycles. The summed E-state index contributed by atoms with van der Waals surface area (Å²) in [5, 5.41) is 50.8. The number of nitrogens with one attached hydrogen (secondary N) is 2. The van der Waals surface area contributed by atoms with Gasteiger partial charge in [0.25, 0.3) is 0 Å². The van der Waals surface area contributed by atoms with Crippen LogP contribution in [0, 0.1) is 78.0 Å². The Morgan fingerprint density at radius 2 is 1.00 bits per heavy atom. The third-order valence-electron chi connectivity index (χ3n) is 16.2. The van der Waals surface area contributed by atoms with E-state index in [1.54, 1.807) is 19.3 Å². The molecule has 98 heavy (non-hydrogen) atoms. The van der Waals surface area contributed by atoms with Gasteiger partial charge in [0, 0.05) is 58.1 Å². The van der Waals surface area contributed by atoms with Crippen molar-refractivity contribution in [3.63, 3.8) is 0 Å². The molecule has 22 heteroatoms. The number of nitrogens with zero attached hydrogens (tertiary/aromatic N) is 13. The summed E-state index contributed by atoms with van der Waals surface area (Å²) in [7, 11) is 0. The van der Waals surface area contributed by atoms with Crippen molar-refractivity contribution in [3.05, 3.63) is 202 Å². The first-order chi connectivity index (χ1) is 47.0. The molecule has 5 aromatic heterocycles. The first kappa shape index (κ1) is 78.0. The van der Waals surface area contributed by atoms with Gasteiger partial charge in [0.05, 0.1) is 28.7 Å². The number of hydrogen-bond donors (Lipinski definition) is 3. The number of aromatic nitrogens is 9. The number of aryl methyl sites for hydroxylation is 8. The number of nitrogen functional groups attached to an aromatic ring is 1. The Morgan fingerprint density at radius 3 is 1.54 bits per heavy atom. The van der Waals surface area contributed by atoms with Gasteiger partial charge in [0.15, 0.2) is 5.82 Å². The van der Waals surface area contributed by atoms with Crippen LogP contribution in [0.25, 0.3) is 22.9 Å². The Kier molecular flexibility index (Phi) is 33.5. The van der Waals surface area contributed by atoms with Crippen molar-refractivity contribution in [3.8, 4) is 22.9 Å². The van der Waals surface area contributed by atoms with Crippen LogP contribution in [0.3, 0.4) is 0 Å². The summed E-state index contributed by atoms with van der Waals surface area (Å²) < 4.78 is 11.5. The Morgan fingerprint density at radius 1 is 0.520 bits per heavy atom. The highest BCUT2D eigenvalue weighted by molar-refractivity contribution is 6.06. The van der Waals surface area contributed by atoms with Gasteiger partial charge in [-0.25, -0.2) is 9.59 Å². The molecule has 8 aromatic rings. The molecular weight excluding hydrogens is 1230 g/mol. The number of carbonyl (C=O) groups is 2. The number of hydrogen-bond acceptors (Lipinski definition) is 20. The van der Waals surface area contributed by atoms with Crippen molar-refractivity contribution < 1.29 is 28.7 Å². The highest BCUT2D eigenvalue weighted by atomic mass is 16.6. The van der Waals surface area contributed by atoms with Crippen LogP contribution in [0.5, 0.6) is 0 Å². The quantitative estimate of drug-likeness (QED) is 0.0758. The highest BCUT2D eigenvalue weighted by Crippen LogP contribution is 2.37. The Bertz CT molecular complexity index is 3830. The molecule has 22 nitrogen and oxygen atoms in total. The summed E-state index contributed by atoms with van der Waals surface area (Å²) >= 11 is 0. The molecule has 4 atom stereocenters. The normalized spacial score (nSPS) is 16.9. The maximum absolute atomic E-state index is 12.9. The van der Waals surface area contributed by atoms with E-state index in [1.807, 2.05) is 152 Å². The summed E-state index contributed by atoms with van der Waals surface area (Å²) in [5.41, 5.74) is 24.0. The van der Waals surface area contributed by atoms with Gasteiger partial charge in [-0.15, -0.1) is 25.5 Å². The molecule has 514 valence electrons. The summed E-state index contributed by atoms with van der Waals surface area (Å²) in [5.74, 6) is 1.16. The lowest BCUT2D eigenvalue weighted by molar-refractivity contribution is -0.191. The van der Waals surface area contributed by atoms with Gasteiger partial charge in [-0.05, 0) is 256 Å². The topological polar surface area (TPSA) is 325 Å². The van der Waals surface area contributed by atoms with E-state index in [-0.39, 0.29) is 43.7 Å². The zero-order valence-corrected chi connectivity index (χ0v) is 57.2. The van der Waals surface area contributed by atoms with E-state index in [0.29, 0.717) is 17.3 Å². The molecule has 6 heterocycles. The van der Waals surface area contributed by atoms with Crippen molar-refractivity contribution in [2.45, 2.75) is 185 Å². The van der Waals surface area contributed by atoms with Crippen molar-refractivity contribution in [2.24, 2.45) is 22.0 Å². The first-order valence-corrected chi connectivity index (χ1v) is 33.0. The number of allylic oxidation sites excluding steroid dienone is 1. The van der Waals surface area contributed by atoms with E-state index >= 15 is 0 Å². The number of ether oxygens (including phenoxy) is 2. The molecule has 12 rings (SSSR count). The third kappa shape index (κ3) is 26.2. The lowest BCUT2D eigenvalue weighted by Crippen LogP contribution is -2.44. The summed E-state index contributed by atoms with van der Waals surface area (Å²) in [4.78, 5) is 54.1. The van der Waals surface area contributed by atoms with Crippen LogP contribution >= 0.6 is 0 Å². The zero-order valence-electron chi connectivity index (χ0n) is 57.2. The van der Waals surface area contributed by atoms with Crippen LogP contribution in [0.2, 0.25) is 0 Å². The van der Waals surface area contributed by atoms with Crippen molar-refractivity contribution in [2.75, 3.05) is 16.4 Å². The standard InChI is InChI=1S/C25H30N4O2.C17H23NO2.C16H19N3.C8H7N5.C8H11N.CO2.CH4.N2/c1-16-13-17(2)15-19(14-16)27-25(30)31-22-11-6-4-5-9-20-18(3)28-29-24(23(20)22)21-10-7-8-12-26-21;1-13-10-14(2)12-15(11-13)18-17(19)20-16-8-6-4-3-5-7-9-16;1-12-13-8-4-2-3-5-9-14(13)16(19-18-12)15-10-6-7-11-17-15;1-6-10-12-8(13-11-6)7-4-2-3-5-9-7;1-6-3-7(2)5-8(9)4-6;2-1-3;;1-2/h7-8,10,12-15,20,22-23H,4-6,9,11H2,1-3H3,(H,27,30);6,8,10-12,16H,3-5,7,9H2,1-2H3,(H,18,19);6-7,10-11H,2-5,8-9H2,1H3;2-5H,1H3;3-5H,9H2,1-2H3;;1H4;/b;8-6+;;;;;;. The zero-order chi connectivity index (χ0) is 69.9. The third-order valence-corrected chi connectivity index (χ3v) is 16.2. The average molecular weight is 1330 g/mol. The highest BCUT2D eigenvalue weighted by Gasteiger charge is 2.41. The van der Waals surface area contributed by atoms with Gasteiger partial charge < -0.3 is 15.2 Å². The number of fused-ring (bicyclic) bond motifs is 2. The van der Waals surface area contributed by atoms with Crippen molar-refractivity contribution in [1.82, 2.24) is 45.5 Å². The molecule has 0 radical (unpaired) electrons. The second kappa shape index (κ2) is 42.0. The lowest BCUT2D eigenvalue weighted by Gasteiger charge is -2.37. The Balaban J connectivity index is 0.000000228. The molecule has 0 saturated heterocycles. The van der Waals surface area contributed by atoms with E-state index in [1.165, 1.54) is 60.8 Å². The van der Waals surface area contributed by atoms with Crippen LogP contribution in [-0.2, 0) is 31.9 Å². The number of anilines is 3. The molecule has 3 aliphatic carbocycles. The predicted molar refractivity (Wildman–Crippen MR) is 383 cm³/mol. The number of pyridine rings is 3. The molecule has 4 N–H and O–H groups in total. The monoisotopic (exact) mass is 1330 g/mol. The van der Waals surface area contributed by atoms with Gasteiger partial charge >= 0.3 is 18.3 Å². The fourth-order valence-corrected chi connectivity index (χ4v) is 12.1. The van der Waals surface area contributed by atoms with E-state index in [2.05, 4.69) is 97.6 Å². The maximum Gasteiger partial charge on any atom is 0.412 e. The summed E-state index contributed by atoms with van der Waals surface area (Å²) in [6.07, 6.45) is 26.6. The predicted octanol–water partition coefficient (Wildman–Crippen LogP) is 16.5. The van der Waals surface area contributed by atoms with Crippen LogP contribution in [0.4, 0.5) is 26.7 Å². The molecule has 0 bridgehead atoms. The fraction of sp³-hybridized carbons (Fsp3) is 0.395. The minimum absolute atomic E-state index is 0. The van der Waals surface area contributed by atoms with Gasteiger partial charge in [0.2, 0.25) is 5.82 Å². The molecule has 4 unspecified atom stereocenters. The molecule has 2 amide bonds. The van der Waals surface area contributed by atoms with E-state index in [0.717, 1.165) is 138 Å².